The Balaban J connectivity index is 2.23. The van der Waals surface area contributed by atoms with Gasteiger partial charge in [0.1, 0.15) is 0 Å². The molecule has 2 N–H and O–H groups in total. The highest BCUT2D eigenvalue weighted by Gasteiger charge is 2.20. The second-order valence-electron chi connectivity index (χ2n) is 5.80. The van der Waals surface area contributed by atoms with E-state index in [1.807, 2.05) is 27.7 Å². The van der Waals surface area contributed by atoms with E-state index >= 15 is 0 Å². The van der Waals surface area contributed by atoms with Crippen LogP contribution in [-0.2, 0) is 4.79 Å². The van der Waals surface area contributed by atoms with Gasteiger partial charge in [-0.05, 0) is 25.5 Å². The quantitative estimate of drug-likeness (QED) is 0.804. The maximum atomic E-state index is 11.8. The summed E-state index contributed by atoms with van der Waals surface area (Å²) in [4.78, 5) is 27.5. The Labute approximate surface area is 120 Å². The van der Waals surface area contributed by atoms with Crippen LogP contribution in [0.2, 0.25) is 0 Å². The number of nitrogens with zero attached hydrogens (tertiary/aromatic N) is 1. The Bertz CT molecular complexity index is 461. The van der Waals surface area contributed by atoms with Gasteiger partial charge in [0.15, 0.2) is 0 Å². The van der Waals surface area contributed by atoms with E-state index in [0.717, 1.165) is 5.69 Å². The number of aryl methyl sites for hydroxylation is 1. The van der Waals surface area contributed by atoms with Gasteiger partial charge >= 0.3 is 0 Å². The molecule has 0 radical (unpaired) electrons. The van der Waals surface area contributed by atoms with Gasteiger partial charge in [-0.1, -0.05) is 20.8 Å². The molecule has 5 heteroatoms. The average molecular weight is 277 g/mol. The van der Waals surface area contributed by atoms with Gasteiger partial charge in [-0.3, -0.25) is 14.6 Å². The third kappa shape index (κ3) is 5.38. The van der Waals surface area contributed by atoms with Gasteiger partial charge in [-0.2, -0.15) is 0 Å². The summed E-state index contributed by atoms with van der Waals surface area (Å²) < 4.78 is 0. The van der Waals surface area contributed by atoms with E-state index in [9.17, 15) is 9.59 Å². The van der Waals surface area contributed by atoms with E-state index in [4.69, 9.17) is 0 Å². The summed E-state index contributed by atoms with van der Waals surface area (Å²) in [6.45, 7) is 8.57. The number of nitrogens with one attached hydrogen (secondary N) is 2. The molecule has 0 bridgehead atoms. The molecule has 0 atom stereocenters. The Kier molecular flexibility index (Phi) is 5.67. The standard InChI is InChI=1S/C15H23N3O2/c1-11-6-7-12(10-18-11)13(19)16-8-5-9-17-14(20)15(2,3)4/h6-7,10H,5,8-9H2,1-4H3,(H,16,19)(H,17,20). The molecule has 0 aromatic carbocycles. The molecule has 0 fully saturated rings. The van der Waals surface area contributed by atoms with E-state index < -0.39 is 0 Å². The van der Waals surface area contributed by atoms with Gasteiger partial charge in [-0.25, -0.2) is 0 Å². The molecule has 110 valence electrons. The number of pyridine rings is 1. The smallest absolute Gasteiger partial charge is 0.252 e. The van der Waals surface area contributed by atoms with Crippen molar-refractivity contribution in [2.45, 2.75) is 34.1 Å². The van der Waals surface area contributed by atoms with Crippen molar-refractivity contribution in [1.29, 1.82) is 0 Å². The molecule has 5 nitrogen and oxygen atoms in total. The molecule has 0 saturated heterocycles. The fraction of sp³-hybridized carbons (Fsp3) is 0.533. The molecule has 0 spiro atoms. The van der Waals surface area contributed by atoms with Crippen LogP contribution in [0.15, 0.2) is 18.3 Å². The highest BCUT2D eigenvalue weighted by Crippen LogP contribution is 2.11. The van der Waals surface area contributed by atoms with Gasteiger partial charge in [0, 0.05) is 30.4 Å². The molecule has 1 aromatic rings. The lowest BCUT2D eigenvalue weighted by Gasteiger charge is -2.17. The zero-order valence-corrected chi connectivity index (χ0v) is 12.6. The van der Waals surface area contributed by atoms with Gasteiger partial charge in [-0.15, -0.1) is 0 Å². The molecular formula is C15H23N3O2. The van der Waals surface area contributed by atoms with Crippen molar-refractivity contribution in [2.24, 2.45) is 5.41 Å². The first-order chi connectivity index (χ1) is 9.30. The summed E-state index contributed by atoms with van der Waals surface area (Å²) in [5.41, 5.74) is 1.05. The molecule has 0 aliphatic rings. The lowest BCUT2D eigenvalue weighted by molar-refractivity contribution is -0.128. The van der Waals surface area contributed by atoms with Crippen molar-refractivity contribution >= 4 is 11.8 Å². The van der Waals surface area contributed by atoms with Crippen molar-refractivity contribution < 1.29 is 9.59 Å². The van der Waals surface area contributed by atoms with Crippen LogP contribution < -0.4 is 10.6 Å². The van der Waals surface area contributed by atoms with Crippen molar-refractivity contribution in [3.8, 4) is 0 Å². The number of rotatable bonds is 5. The van der Waals surface area contributed by atoms with E-state index in [2.05, 4.69) is 15.6 Å². The van der Waals surface area contributed by atoms with Crippen molar-refractivity contribution in [2.75, 3.05) is 13.1 Å². The highest BCUT2D eigenvalue weighted by molar-refractivity contribution is 5.93. The topological polar surface area (TPSA) is 71.1 Å². The fourth-order valence-corrected chi connectivity index (χ4v) is 1.46. The molecule has 0 aliphatic carbocycles. The molecule has 0 aliphatic heterocycles. The first-order valence-corrected chi connectivity index (χ1v) is 6.80. The minimum absolute atomic E-state index is 0.0200. The predicted octanol–water partition coefficient (Wildman–Crippen LogP) is 1.67. The summed E-state index contributed by atoms with van der Waals surface area (Å²) in [6, 6.07) is 3.55. The minimum Gasteiger partial charge on any atom is -0.356 e. The number of amides is 2. The highest BCUT2D eigenvalue weighted by atomic mass is 16.2. The maximum absolute atomic E-state index is 11.8. The van der Waals surface area contributed by atoms with Gasteiger partial charge in [0.2, 0.25) is 5.91 Å². The van der Waals surface area contributed by atoms with Crippen LogP contribution in [0.5, 0.6) is 0 Å². The fourth-order valence-electron chi connectivity index (χ4n) is 1.46. The number of hydrogen-bond donors (Lipinski definition) is 2. The average Bonchev–Trinajstić information content (AvgIpc) is 2.37. The van der Waals surface area contributed by atoms with Crippen LogP contribution in [0.4, 0.5) is 0 Å². The predicted molar refractivity (Wildman–Crippen MR) is 78.4 cm³/mol. The second kappa shape index (κ2) is 7.03. The van der Waals surface area contributed by atoms with Gasteiger partial charge in [0.25, 0.3) is 5.91 Å². The second-order valence-corrected chi connectivity index (χ2v) is 5.80. The number of hydrogen-bond acceptors (Lipinski definition) is 3. The van der Waals surface area contributed by atoms with Crippen molar-refractivity contribution in [3.63, 3.8) is 0 Å². The lowest BCUT2D eigenvalue weighted by atomic mass is 9.96. The van der Waals surface area contributed by atoms with Crippen LogP contribution in [0.25, 0.3) is 0 Å². The molecule has 0 saturated carbocycles. The first-order valence-electron chi connectivity index (χ1n) is 6.80. The van der Waals surface area contributed by atoms with Crippen LogP contribution in [0.1, 0.15) is 43.2 Å². The van der Waals surface area contributed by atoms with E-state index in [1.165, 1.54) is 0 Å². The third-order valence-electron chi connectivity index (χ3n) is 2.78. The van der Waals surface area contributed by atoms with Crippen LogP contribution in [0, 0.1) is 12.3 Å². The molecule has 1 heterocycles. The Hall–Kier alpha value is -1.91. The normalized spacial score (nSPS) is 11.0. The molecule has 0 unspecified atom stereocenters. The van der Waals surface area contributed by atoms with Gasteiger partial charge < -0.3 is 10.6 Å². The number of aromatic nitrogens is 1. The van der Waals surface area contributed by atoms with Crippen LogP contribution in [0.3, 0.4) is 0 Å². The number of carbonyl (C=O) groups is 2. The molecule has 1 aromatic heterocycles. The van der Waals surface area contributed by atoms with E-state index in [1.54, 1.807) is 18.3 Å². The summed E-state index contributed by atoms with van der Waals surface area (Å²) in [5.74, 6) is -0.119. The first kappa shape index (κ1) is 16.1. The molecular weight excluding hydrogens is 254 g/mol. The minimum atomic E-state index is -0.378. The van der Waals surface area contributed by atoms with E-state index in [-0.39, 0.29) is 17.2 Å². The Morgan fingerprint density at radius 3 is 2.35 bits per heavy atom. The summed E-state index contributed by atoms with van der Waals surface area (Å²) in [7, 11) is 0. The van der Waals surface area contributed by atoms with Crippen molar-refractivity contribution in [3.05, 3.63) is 29.6 Å². The van der Waals surface area contributed by atoms with Crippen LogP contribution >= 0.6 is 0 Å². The largest absolute Gasteiger partial charge is 0.356 e. The molecule has 1 rings (SSSR count). The van der Waals surface area contributed by atoms with Crippen molar-refractivity contribution in [1.82, 2.24) is 15.6 Å². The lowest BCUT2D eigenvalue weighted by Crippen LogP contribution is -2.36. The number of carbonyl (C=O) groups excluding carboxylic acids is 2. The SMILES string of the molecule is Cc1ccc(C(=O)NCCCNC(=O)C(C)(C)C)cn1. The Morgan fingerprint density at radius 1 is 1.15 bits per heavy atom. The maximum Gasteiger partial charge on any atom is 0.252 e. The molecule has 2 amide bonds. The zero-order valence-electron chi connectivity index (χ0n) is 12.6. The van der Waals surface area contributed by atoms with Gasteiger partial charge in [0.05, 0.1) is 5.56 Å². The van der Waals surface area contributed by atoms with Crippen LogP contribution in [-0.4, -0.2) is 29.9 Å². The van der Waals surface area contributed by atoms with E-state index in [0.29, 0.717) is 25.1 Å². The Morgan fingerprint density at radius 2 is 1.80 bits per heavy atom. The monoisotopic (exact) mass is 277 g/mol. The third-order valence-corrected chi connectivity index (χ3v) is 2.78. The summed E-state index contributed by atoms with van der Waals surface area (Å²) in [6.07, 6.45) is 2.26. The summed E-state index contributed by atoms with van der Waals surface area (Å²) in [5, 5.41) is 5.64. The zero-order chi connectivity index (χ0) is 15.2. The summed E-state index contributed by atoms with van der Waals surface area (Å²) >= 11 is 0. The molecule has 20 heavy (non-hydrogen) atoms.